The first kappa shape index (κ1) is 15.7. The minimum atomic E-state index is -0.250. The van der Waals surface area contributed by atoms with Crippen molar-refractivity contribution in [2.45, 2.75) is 0 Å². The molecule has 7 heteroatoms. The van der Waals surface area contributed by atoms with Crippen molar-refractivity contribution in [2.24, 2.45) is 0 Å². The number of hydrogen-bond donors (Lipinski definition) is 2. The average molecular weight is 295 g/mol. The average Bonchev–Trinajstić information content (AvgIpc) is 1.39. The van der Waals surface area contributed by atoms with E-state index in [1.54, 1.807) is 0 Å². The minimum Gasteiger partial charge on any atom is 0 e. The SMILES string of the molecule is O=BO.O=BO.[Pb]. The zero-order chi connectivity index (χ0) is 5.41. The second kappa shape index (κ2) is 34.0. The molecule has 0 unspecified atom stereocenters. The van der Waals surface area contributed by atoms with E-state index in [0.717, 1.165) is 0 Å². The molecule has 2 N–H and O–H groups in total. The molecule has 0 atom stereocenters. The summed E-state index contributed by atoms with van der Waals surface area (Å²) < 4.78 is 16.7. The van der Waals surface area contributed by atoms with Gasteiger partial charge in [0.05, 0.1) is 0 Å². The first-order valence-electron chi connectivity index (χ1n) is 0.988. The Balaban J connectivity index is -0.0000000400. The van der Waals surface area contributed by atoms with Gasteiger partial charge in [0.1, 0.15) is 0 Å². The molecule has 0 bridgehead atoms. The van der Waals surface area contributed by atoms with Crippen molar-refractivity contribution in [3.05, 3.63) is 0 Å². The predicted molar refractivity (Wildman–Crippen MR) is 23.1 cm³/mol. The molecule has 0 aromatic carbocycles. The molecule has 36 valence electrons. The van der Waals surface area contributed by atoms with Crippen LogP contribution in [0.1, 0.15) is 0 Å². The van der Waals surface area contributed by atoms with Crippen LogP contribution in [0.15, 0.2) is 0 Å². The summed E-state index contributed by atoms with van der Waals surface area (Å²) in [6.45, 7) is 0. The van der Waals surface area contributed by atoms with Gasteiger partial charge in [-0.3, -0.25) is 0 Å². The van der Waals surface area contributed by atoms with E-state index in [9.17, 15) is 0 Å². The van der Waals surface area contributed by atoms with Crippen LogP contribution in [0.5, 0.6) is 0 Å². The summed E-state index contributed by atoms with van der Waals surface area (Å²) >= 11 is 0. The van der Waals surface area contributed by atoms with Gasteiger partial charge in [-0.1, -0.05) is 0 Å². The predicted octanol–water partition coefficient (Wildman–Crippen LogP) is -2.49. The molecule has 0 aromatic rings. The summed E-state index contributed by atoms with van der Waals surface area (Å²) in [6.07, 6.45) is 0. The molecule has 0 heterocycles. The third-order valence-electron chi connectivity index (χ3n) is 0. The summed E-state index contributed by atoms with van der Waals surface area (Å²) in [5.41, 5.74) is 0. The Morgan fingerprint density at radius 1 is 1.00 bits per heavy atom. The zero-order valence-electron chi connectivity index (χ0n) is 3.37. The topological polar surface area (TPSA) is 74.6 Å². The Kier molecular flexibility index (Phi) is 76.2. The quantitative estimate of drug-likeness (QED) is 0.485. The summed E-state index contributed by atoms with van der Waals surface area (Å²) in [6, 6.07) is 0. The Morgan fingerprint density at radius 3 is 1.00 bits per heavy atom. The first-order chi connectivity index (χ1) is 2.83. The van der Waals surface area contributed by atoms with Crippen LogP contribution in [0.4, 0.5) is 0 Å². The van der Waals surface area contributed by atoms with E-state index in [0.29, 0.717) is 0 Å². The molecule has 0 aliphatic carbocycles. The summed E-state index contributed by atoms with van der Waals surface area (Å²) in [4.78, 5) is 0. The van der Waals surface area contributed by atoms with Crippen LogP contribution in [-0.2, 0) is 9.41 Å². The van der Waals surface area contributed by atoms with E-state index in [1.165, 1.54) is 0 Å². The Hall–Kier alpha value is 0.252. The Morgan fingerprint density at radius 2 is 1.00 bits per heavy atom. The second-order valence-corrected chi connectivity index (χ2v) is 0.211. The molecule has 0 aliphatic rings. The van der Waals surface area contributed by atoms with Gasteiger partial charge < -0.3 is 0 Å². The molecule has 0 saturated heterocycles. The fraction of sp³-hybridized carbons (Fsp3) is 0. The molecule has 0 rings (SSSR count). The molecule has 4 nitrogen and oxygen atoms in total. The van der Waals surface area contributed by atoms with E-state index < -0.39 is 0 Å². The van der Waals surface area contributed by atoms with Crippen molar-refractivity contribution in [1.82, 2.24) is 0 Å². The van der Waals surface area contributed by atoms with Crippen LogP contribution in [0.2, 0.25) is 0 Å². The van der Waals surface area contributed by atoms with E-state index in [1.807, 2.05) is 0 Å². The van der Waals surface area contributed by atoms with Crippen molar-refractivity contribution in [3.63, 3.8) is 0 Å². The zero-order valence-corrected chi connectivity index (χ0v) is 7.25. The van der Waals surface area contributed by atoms with Crippen molar-refractivity contribution in [2.75, 3.05) is 0 Å². The molecule has 4 radical (unpaired) electrons. The van der Waals surface area contributed by atoms with Gasteiger partial charge in [0.2, 0.25) is 0 Å². The fourth-order valence-corrected chi connectivity index (χ4v) is 0. The van der Waals surface area contributed by atoms with Gasteiger partial charge in [0.25, 0.3) is 0 Å². The first-order valence-corrected chi connectivity index (χ1v) is 0.988. The molecule has 0 saturated carbocycles. The van der Waals surface area contributed by atoms with Gasteiger partial charge in [-0.2, -0.15) is 0 Å². The van der Waals surface area contributed by atoms with Crippen molar-refractivity contribution in [3.8, 4) is 0 Å². The summed E-state index contributed by atoms with van der Waals surface area (Å²) in [7, 11) is -0.500. The van der Waals surface area contributed by atoms with Crippen LogP contribution < -0.4 is 0 Å². The van der Waals surface area contributed by atoms with E-state index >= 15 is 0 Å². The van der Waals surface area contributed by atoms with E-state index in [2.05, 4.69) is 0 Å². The Labute approximate surface area is 61.7 Å². The maximum Gasteiger partial charge on any atom is 0 e. The van der Waals surface area contributed by atoms with Crippen LogP contribution in [0.25, 0.3) is 0 Å². The number of hydrogen-bond acceptors (Lipinski definition) is 2. The van der Waals surface area contributed by atoms with Gasteiger partial charge in [-0.05, 0) is 0 Å². The standard InChI is InChI=1S/2BHO2.Pb/c2*2-1-3;/h2*2H;. The smallest absolute Gasteiger partial charge is 0 e. The fourth-order valence-electron chi connectivity index (χ4n) is 0. The third-order valence-corrected chi connectivity index (χ3v) is 0. The Bertz CT molecular complexity index is 30.7. The molecule has 0 spiro atoms. The van der Waals surface area contributed by atoms with E-state index in [4.69, 9.17) is 19.5 Å². The molecule has 0 amide bonds. The van der Waals surface area contributed by atoms with Crippen molar-refractivity contribution < 1.29 is 19.5 Å². The minimum absolute atomic E-state index is 0. The third kappa shape index (κ3) is 1780. The van der Waals surface area contributed by atoms with Crippen molar-refractivity contribution >= 4 is 42.0 Å². The van der Waals surface area contributed by atoms with Gasteiger partial charge in [0.15, 0.2) is 0 Å². The molecule has 0 fully saturated rings. The number of rotatable bonds is 0. The van der Waals surface area contributed by atoms with Crippen LogP contribution in [-0.4, -0.2) is 52.1 Å². The molecule has 0 aliphatic heterocycles. The normalized spacial score (nSPS) is 2.29. The van der Waals surface area contributed by atoms with Gasteiger partial charge in [-0.25, -0.2) is 0 Å². The summed E-state index contributed by atoms with van der Waals surface area (Å²) in [5, 5.41) is 13.8. The van der Waals surface area contributed by atoms with Crippen LogP contribution in [0.3, 0.4) is 0 Å². The van der Waals surface area contributed by atoms with Crippen molar-refractivity contribution in [1.29, 1.82) is 0 Å². The largest absolute Gasteiger partial charge is 0 e. The van der Waals surface area contributed by atoms with Gasteiger partial charge >= 0.3 is 34.2 Å². The maximum absolute atomic E-state index is 8.36. The summed E-state index contributed by atoms with van der Waals surface area (Å²) in [5.74, 6) is 0. The second-order valence-electron chi connectivity index (χ2n) is 0.211. The maximum atomic E-state index is 8.36. The molecule has 0 aromatic heterocycles. The van der Waals surface area contributed by atoms with E-state index in [-0.39, 0.29) is 42.0 Å². The molecular formula is H2B2O4Pb. The van der Waals surface area contributed by atoms with Gasteiger partial charge in [0, 0.05) is 27.3 Å². The van der Waals surface area contributed by atoms with Gasteiger partial charge in [-0.15, -0.1) is 0 Å². The molecule has 7 heavy (non-hydrogen) atoms. The van der Waals surface area contributed by atoms with Crippen LogP contribution >= 0.6 is 0 Å². The van der Waals surface area contributed by atoms with Crippen LogP contribution in [0, 0.1) is 0 Å². The molecular weight excluding hydrogens is 293 g/mol. The monoisotopic (exact) mass is 296 g/mol.